The quantitative estimate of drug-likeness (QED) is 0.597. The SMILES string of the molecule is Cc1nc(COc2c(Br)cc(S(=O)(=O)Cl)cc2Br)sc1C. The molecule has 0 fully saturated rings. The van der Waals surface area contributed by atoms with E-state index < -0.39 is 9.05 Å². The zero-order valence-corrected chi connectivity index (χ0v) is 16.5. The molecule has 114 valence electrons. The molecule has 0 saturated heterocycles. The van der Waals surface area contributed by atoms with Crippen LogP contribution in [-0.2, 0) is 15.7 Å². The summed E-state index contributed by atoms with van der Waals surface area (Å²) in [5.74, 6) is 0.504. The first-order valence-corrected chi connectivity index (χ1v) is 10.4. The number of ether oxygens (including phenoxy) is 1. The van der Waals surface area contributed by atoms with E-state index in [-0.39, 0.29) is 4.90 Å². The number of aryl methyl sites for hydroxylation is 2. The Balaban J connectivity index is 2.25. The molecule has 0 aliphatic rings. The maximum Gasteiger partial charge on any atom is 0.261 e. The topological polar surface area (TPSA) is 56.3 Å². The lowest BCUT2D eigenvalue weighted by atomic mass is 10.3. The minimum absolute atomic E-state index is 0.00351. The molecule has 4 nitrogen and oxygen atoms in total. The molecule has 0 saturated carbocycles. The zero-order chi connectivity index (χ0) is 15.8. The van der Waals surface area contributed by atoms with Crippen LogP contribution < -0.4 is 4.74 Å². The molecule has 0 unspecified atom stereocenters. The minimum Gasteiger partial charge on any atom is -0.484 e. The van der Waals surface area contributed by atoms with E-state index >= 15 is 0 Å². The fraction of sp³-hybridized carbons (Fsp3) is 0.250. The van der Waals surface area contributed by atoms with Gasteiger partial charge < -0.3 is 4.74 Å². The molecule has 0 N–H and O–H groups in total. The molecule has 21 heavy (non-hydrogen) atoms. The first kappa shape index (κ1) is 17.2. The van der Waals surface area contributed by atoms with Crippen LogP contribution in [0.4, 0.5) is 0 Å². The molecule has 0 aliphatic carbocycles. The van der Waals surface area contributed by atoms with E-state index in [0.717, 1.165) is 15.6 Å². The predicted octanol–water partition coefficient (Wildman–Crippen LogP) is 4.79. The molecule has 1 heterocycles. The Kier molecular flexibility index (Phi) is 5.36. The van der Waals surface area contributed by atoms with E-state index in [2.05, 4.69) is 36.8 Å². The van der Waals surface area contributed by atoms with Crippen LogP contribution in [0.15, 0.2) is 26.0 Å². The number of hydrogen-bond donors (Lipinski definition) is 0. The van der Waals surface area contributed by atoms with Crippen molar-refractivity contribution < 1.29 is 13.2 Å². The molecular formula is C12H10Br2ClNO3S2. The molecule has 1 aromatic carbocycles. The molecule has 0 amide bonds. The average Bonchev–Trinajstić information content (AvgIpc) is 2.66. The summed E-state index contributed by atoms with van der Waals surface area (Å²) >= 11 is 8.15. The lowest BCUT2D eigenvalue weighted by Gasteiger charge is -2.10. The summed E-state index contributed by atoms with van der Waals surface area (Å²) in [7, 11) is 1.54. The van der Waals surface area contributed by atoms with Gasteiger partial charge in [-0.3, -0.25) is 0 Å². The number of benzene rings is 1. The smallest absolute Gasteiger partial charge is 0.261 e. The predicted molar refractivity (Wildman–Crippen MR) is 90.8 cm³/mol. The van der Waals surface area contributed by atoms with Crippen molar-refractivity contribution in [1.82, 2.24) is 4.98 Å². The minimum atomic E-state index is -3.79. The largest absolute Gasteiger partial charge is 0.484 e. The van der Waals surface area contributed by atoms with Gasteiger partial charge in [0, 0.05) is 15.6 Å². The van der Waals surface area contributed by atoms with Crippen LogP contribution in [0, 0.1) is 13.8 Å². The standard InChI is InChI=1S/C12H10Br2ClNO3S2/c1-6-7(2)20-11(16-6)5-19-12-9(13)3-8(4-10(12)14)21(15,17)18/h3-4H,5H2,1-2H3. The molecule has 0 spiro atoms. The number of nitrogens with zero attached hydrogens (tertiary/aromatic N) is 1. The summed E-state index contributed by atoms with van der Waals surface area (Å²) in [6.07, 6.45) is 0. The second kappa shape index (κ2) is 6.54. The second-order valence-corrected chi connectivity index (χ2v) is 9.75. The summed E-state index contributed by atoms with van der Waals surface area (Å²) < 4.78 is 29.4. The number of aromatic nitrogens is 1. The first-order chi connectivity index (χ1) is 9.68. The second-order valence-electron chi connectivity index (χ2n) is 4.19. The summed E-state index contributed by atoms with van der Waals surface area (Å²) in [6.45, 7) is 4.26. The maximum absolute atomic E-state index is 11.3. The van der Waals surface area contributed by atoms with E-state index in [9.17, 15) is 8.42 Å². The third-order valence-corrected chi connectivity index (χ3v) is 6.22. The van der Waals surface area contributed by atoms with Gasteiger partial charge in [-0.2, -0.15) is 0 Å². The fourth-order valence-corrected chi connectivity index (χ4v) is 4.90. The van der Waals surface area contributed by atoms with Crippen LogP contribution in [0.3, 0.4) is 0 Å². The van der Waals surface area contributed by atoms with Crippen molar-refractivity contribution in [3.05, 3.63) is 36.7 Å². The van der Waals surface area contributed by atoms with E-state index in [1.807, 2.05) is 13.8 Å². The van der Waals surface area contributed by atoms with Crippen molar-refractivity contribution in [2.24, 2.45) is 0 Å². The monoisotopic (exact) mass is 473 g/mol. The summed E-state index contributed by atoms with van der Waals surface area (Å²) in [6, 6.07) is 2.81. The molecule has 0 bridgehead atoms. The van der Waals surface area contributed by atoms with Crippen LogP contribution in [0.1, 0.15) is 15.6 Å². The van der Waals surface area contributed by atoms with E-state index in [1.54, 1.807) is 11.3 Å². The summed E-state index contributed by atoms with van der Waals surface area (Å²) in [4.78, 5) is 5.53. The Morgan fingerprint density at radius 2 is 1.86 bits per heavy atom. The maximum atomic E-state index is 11.3. The van der Waals surface area contributed by atoms with Gasteiger partial charge in [-0.15, -0.1) is 11.3 Å². The third kappa shape index (κ3) is 4.19. The fourth-order valence-electron chi connectivity index (χ4n) is 1.55. The highest BCUT2D eigenvalue weighted by atomic mass is 79.9. The Morgan fingerprint density at radius 3 is 2.29 bits per heavy atom. The Morgan fingerprint density at radius 1 is 1.29 bits per heavy atom. The van der Waals surface area contributed by atoms with E-state index in [4.69, 9.17) is 15.4 Å². The van der Waals surface area contributed by atoms with Gasteiger partial charge >= 0.3 is 0 Å². The Hall–Kier alpha value is -0.150. The van der Waals surface area contributed by atoms with Crippen molar-refractivity contribution in [2.75, 3.05) is 0 Å². The summed E-state index contributed by atoms with van der Waals surface area (Å²) in [5, 5.41) is 0.859. The number of thiazole rings is 1. The van der Waals surface area contributed by atoms with Crippen molar-refractivity contribution in [3.8, 4) is 5.75 Å². The molecule has 1 aromatic heterocycles. The molecule has 0 aliphatic heterocycles. The van der Waals surface area contributed by atoms with Crippen LogP contribution in [0.2, 0.25) is 0 Å². The van der Waals surface area contributed by atoms with Gasteiger partial charge in [-0.1, -0.05) is 0 Å². The van der Waals surface area contributed by atoms with E-state index in [1.165, 1.54) is 12.1 Å². The van der Waals surface area contributed by atoms with Crippen molar-refractivity contribution in [2.45, 2.75) is 25.3 Å². The summed E-state index contributed by atoms with van der Waals surface area (Å²) in [5.41, 5.74) is 0.986. The van der Waals surface area contributed by atoms with Crippen molar-refractivity contribution in [3.63, 3.8) is 0 Å². The van der Waals surface area contributed by atoms with Crippen LogP contribution in [-0.4, -0.2) is 13.4 Å². The van der Waals surface area contributed by atoms with E-state index in [0.29, 0.717) is 21.3 Å². The van der Waals surface area contributed by atoms with Crippen LogP contribution in [0.25, 0.3) is 0 Å². The highest BCUT2D eigenvalue weighted by Gasteiger charge is 2.17. The molecule has 2 aromatic rings. The van der Waals surface area contributed by atoms with Crippen molar-refractivity contribution >= 4 is 62.9 Å². The third-order valence-electron chi connectivity index (χ3n) is 2.67. The molecule has 0 atom stereocenters. The van der Waals surface area contributed by atoms with Gasteiger partial charge in [0.2, 0.25) is 0 Å². The molecular weight excluding hydrogens is 466 g/mol. The molecule has 0 radical (unpaired) electrons. The van der Waals surface area contributed by atoms with Crippen LogP contribution in [0.5, 0.6) is 5.75 Å². The van der Waals surface area contributed by atoms with Gasteiger partial charge in [0.25, 0.3) is 9.05 Å². The van der Waals surface area contributed by atoms with Crippen molar-refractivity contribution in [1.29, 1.82) is 0 Å². The first-order valence-electron chi connectivity index (χ1n) is 5.68. The highest BCUT2D eigenvalue weighted by Crippen LogP contribution is 2.37. The Bertz CT molecular complexity index is 747. The van der Waals surface area contributed by atoms with Gasteiger partial charge in [0.15, 0.2) is 0 Å². The number of halogens is 3. The number of rotatable bonds is 4. The molecule has 9 heteroatoms. The van der Waals surface area contributed by atoms with Gasteiger partial charge in [0.05, 0.1) is 19.5 Å². The van der Waals surface area contributed by atoms with Gasteiger partial charge in [-0.05, 0) is 57.8 Å². The highest BCUT2D eigenvalue weighted by molar-refractivity contribution is 9.11. The lowest BCUT2D eigenvalue weighted by Crippen LogP contribution is -1.98. The normalized spacial score (nSPS) is 11.7. The van der Waals surface area contributed by atoms with Gasteiger partial charge in [0.1, 0.15) is 17.4 Å². The number of hydrogen-bond acceptors (Lipinski definition) is 5. The van der Waals surface area contributed by atoms with Gasteiger partial charge in [-0.25, -0.2) is 13.4 Å². The van der Waals surface area contributed by atoms with Crippen LogP contribution >= 0.6 is 53.9 Å². The lowest BCUT2D eigenvalue weighted by molar-refractivity contribution is 0.301. The molecule has 2 rings (SSSR count). The zero-order valence-electron chi connectivity index (χ0n) is 11.0. The average molecular weight is 476 g/mol. The Labute approximate surface area is 148 Å².